The fraction of sp³-hybridized carbons (Fsp3) is 1.00. The van der Waals surface area contributed by atoms with E-state index >= 15 is 0 Å². The zero-order chi connectivity index (χ0) is 15.5. The lowest BCUT2D eigenvalue weighted by molar-refractivity contribution is 0.0174. The molecule has 2 saturated carbocycles. The number of hydrogen-bond donors (Lipinski definition) is 1. The fourth-order valence-corrected chi connectivity index (χ4v) is 4.12. The molecule has 0 bridgehead atoms. The second kappa shape index (κ2) is 7.43. The normalized spacial score (nSPS) is 30.6. The third-order valence-corrected chi connectivity index (χ3v) is 5.63. The van der Waals surface area contributed by atoms with Crippen molar-refractivity contribution in [3.8, 4) is 0 Å². The Labute approximate surface area is 131 Å². The van der Waals surface area contributed by atoms with Gasteiger partial charge < -0.3 is 10.1 Å². The number of nitrogens with zero attached hydrogens (tertiary/aromatic N) is 1. The number of hydrogen-bond acceptors (Lipinski definition) is 3. The van der Waals surface area contributed by atoms with E-state index < -0.39 is 0 Å². The molecule has 0 aromatic carbocycles. The minimum absolute atomic E-state index is 0.477. The summed E-state index contributed by atoms with van der Waals surface area (Å²) >= 11 is 0. The molecule has 2 aliphatic carbocycles. The first-order valence-electron chi connectivity index (χ1n) is 8.96. The lowest BCUT2D eigenvalue weighted by Crippen LogP contribution is -2.58. The molecule has 1 N–H and O–H groups in total. The fourth-order valence-electron chi connectivity index (χ4n) is 4.12. The van der Waals surface area contributed by atoms with Crippen molar-refractivity contribution in [1.82, 2.24) is 10.2 Å². The van der Waals surface area contributed by atoms with E-state index in [9.17, 15) is 0 Å². The molecule has 0 spiro atoms. The Hall–Kier alpha value is -0.120. The minimum Gasteiger partial charge on any atom is -0.383 e. The van der Waals surface area contributed by atoms with E-state index in [2.05, 4.69) is 37.9 Å². The predicted molar refractivity (Wildman–Crippen MR) is 89.7 cm³/mol. The molecule has 21 heavy (non-hydrogen) atoms. The summed E-state index contributed by atoms with van der Waals surface area (Å²) in [6.07, 6.45) is 6.81. The highest BCUT2D eigenvalue weighted by Crippen LogP contribution is 2.41. The quantitative estimate of drug-likeness (QED) is 0.744. The predicted octanol–water partition coefficient (Wildman–Crippen LogP) is 3.29. The molecule has 0 aromatic heterocycles. The van der Waals surface area contributed by atoms with Crippen LogP contribution in [0.1, 0.15) is 59.8 Å². The van der Waals surface area contributed by atoms with Crippen LogP contribution in [0.15, 0.2) is 0 Å². The van der Waals surface area contributed by atoms with Crippen LogP contribution in [0, 0.1) is 11.3 Å². The average Bonchev–Trinajstić information content (AvgIpc) is 3.26. The summed E-state index contributed by atoms with van der Waals surface area (Å²) in [6.45, 7) is 12.6. The molecular weight excluding hydrogens is 260 g/mol. The van der Waals surface area contributed by atoms with Crippen molar-refractivity contribution in [2.75, 3.05) is 26.8 Å². The number of methoxy groups -OCH3 is 1. The van der Waals surface area contributed by atoms with Crippen molar-refractivity contribution in [2.24, 2.45) is 11.3 Å². The molecule has 0 radical (unpaired) electrons. The zero-order valence-corrected chi connectivity index (χ0v) is 14.8. The Kier molecular flexibility index (Phi) is 6.10. The Morgan fingerprint density at radius 2 is 2.00 bits per heavy atom. The van der Waals surface area contributed by atoms with Crippen LogP contribution in [0.25, 0.3) is 0 Å². The Morgan fingerprint density at radius 1 is 1.29 bits per heavy atom. The van der Waals surface area contributed by atoms with Crippen molar-refractivity contribution in [1.29, 1.82) is 0 Å². The summed E-state index contributed by atoms with van der Waals surface area (Å²) in [5.74, 6) is 0.925. The molecule has 124 valence electrons. The Bertz CT molecular complexity index is 314. The van der Waals surface area contributed by atoms with Gasteiger partial charge >= 0.3 is 0 Å². The van der Waals surface area contributed by atoms with E-state index in [1.807, 2.05) is 7.11 Å². The first-order valence-corrected chi connectivity index (χ1v) is 8.96. The number of rotatable bonds is 8. The summed E-state index contributed by atoms with van der Waals surface area (Å²) in [5, 5.41) is 3.76. The van der Waals surface area contributed by atoms with E-state index in [0.29, 0.717) is 23.5 Å². The summed E-state index contributed by atoms with van der Waals surface area (Å²) in [7, 11) is 1.83. The molecule has 3 heteroatoms. The van der Waals surface area contributed by atoms with E-state index in [1.165, 1.54) is 32.1 Å². The van der Waals surface area contributed by atoms with Crippen LogP contribution in [0.3, 0.4) is 0 Å². The highest BCUT2D eigenvalue weighted by atomic mass is 16.5. The van der Waals surface area contributed by atoms with Gasteiger partial charge in [-0.1, -0.05) is 20.8 Å². The summed E-state index contributed by atoms with van der Waals surface area (Å²) in [5.41, 5.74) is 0.477. The topological polar surface area (TPSA) is 24.5 Å². The third-order valence-electron chi connectivity index (χ3n) is 5.63. The standard InChI is InChI=1S/C18H36N2O/c1-6-19-16-9-10-18(3,4)13-17(16)20(11-12-21-5)14(2)15-7-8-15/h14-17,19H,6-13H2,1-5H3. The molecule has 0 heterocycles. The first kappa shape index (κ1) is 17.2. The van der Waals surface area contributed by atoms with Gasteiger partial charge in [-0.3, -0.25) is 4.90 Å². The molecule has 0 amide bonds. The Balaban J connectivity index is 2.11. The van der Waals surface area contributed by atoms with Gasteiger partial charge in [0.15, 0.2) is 0 Å². The van der Waals surface area contributed by atoms with Crippen molar-refractivity contribution < 1.29 is 4.74 Å². The maximum Gasteiger partial charge on any atom is 0.0589 e. The van der Waals surface area contributed by atoms with Gasteiger partial charge in [-0.2, -0.15) is 0 Å². The molecule has 2 rings (SSSR count). The second-order valence-corrected chi connectivity index (χ2v) is 7.95. The minimum atomic E-state index is 0.477. The van der Waals surface area contributed by atoms with Gasteiger partial charge in [0.05, 0.1) is 6.61 Å². The largest absolute Gasteiger partial charge is 0.383 e. The lowest BCUT2D eigenvalue weighted by atomic mass is 9.72. The van der Waals surface area contributed by atoms with Crippen LogP contribution in [0.2, 0.25) is 0 Å². The summed E-state index contributed by atoms with van der Waals surface area (Å²) < 4.78 is 5.40. The molecule has 0 aromatic rings. The van der Waals surface area contributed by atoms with Gasteiger partial charge in [0.1, 0.15) is 0 Å². The molecule has 0 aliphatic heterocycles. The molecule has 3 atom stereocenters. The van der Waals surface area contributed by atoms with Crippen LogP contribution in [-0.2, 0) is 4.74 Å². The molecule has 2 aliphatic rings. The van der Waals surface area contributed by atoms with Gasteiger partial charge in [0.25, 0.3) is 0 Å². The van der Waals surface area contributed by atoms with Gasteiger partial charge in [-0.25, -0.2) is 0 Å². The van der Waals surface area contributed by atoms with E-state index in [-0.39, 0.29) is 0 Å². The van der Waals surface area contributed by atoms with Crippen LogP contribution < -0.4 is 5.32 Å². The molecule has 2 fully saturated rings. The monoisotopic (exact) mass is 296 g/mol. The van der Waals surface area contributed by atoms with Crippen molar-refractivity contribution in [3.05, 3.63) is 0 Å². The molecule has 3 nitrogen and oxygen atoms in total. The van der Waals surface area contributed by atoms with E-state index in [4.69, 9.17) is 4.74 Å². The van der Waals surface area contributed by atoms with Gasteiger partial charge in [0.2, 0.25) is 0 Å². The molecule has 3 unspecified atom stereocenters. The maximum atomic E-state index is 5.40. The smallest absolute Gasteiger partial charge is 0.0589 e. The van der Waals surface area contributed by atoms with Gasteiger partial charge in [-0.05, 0) is 56.9 Å². The average molecular weight is 296 g/mol. The first-order chi connectivity index (χ1) is 9.98. The highest BCUT2D eigenvalue weighted by molar-refractivity contribution is 4.98. The summed E-state index contributed by atoms with van der Waals surface area (Å²) in [4.78, 5) is 2.77. The van der Waals surface area contributed by atoms with Crippen LogP contribution in [0.5, 0.6) is 0 Å². The van der Waals surface area contributed by atoms with Gasteiger partial charge in [0, 0.05) is 31.8 Å². The van der Waals surface area contributed by atoms with Crippen LogP contribution >= 0.6 is 0 Å². The van der Waals surface area contributed by atoms with Crippen molar-refractivity contribution in [3.63, 3.8) is 0 Å². The highest BCUT2D eigenvalue weighted by Gasteiger charge is 2.42. The maximum absolute atomic E-state index is 5.40. The number of likely N-dealkylation sites (N-methyl/N-ethyl adjacent to an activating group) is 1. The zero-order valence-electron chi connectivity index (χ0n) is 14.8. The summed E-state index contributed by atoms with van der Waals surface area (Å²) in [6, 6.07) is 2.03. The Morgan fingerprint density at radius 3 is 2.57 bits per heavy atom. The second-order valence-electron chi connectivity index (χ2n) is 7.95. The number of ether oxygens (including phenoxy) is 1. The van der Waals surface area contributed by atoms with Crippen molar-refractivity contribution >= 4 is 0 Å². The van der Waals surface area contributed by atoms with E-state index in [1.54, 1.807) is 0 Å². The molecule has 0 saturated heterocycles. The van der Waals surface area contributed by atoms with Crippen molar-refractivity contribution in [2.45, 2.75) is 77.9 Å². The van der Waals surface area contributed by atoms with Crippen LogP contribution in [0.4, 0.5) is 0 Å². The number of nitrogens with one attached hydrogen (secondary N) is 1. The SMILES string of the molecule is CCNC1CCC(C)(C)CC1N(CCOC)C(C)C1CC1. The van der Waals surface area contributed by atoms with E-state index in [0.717, 1.165) is 25.6 Å². The third kappa shape index (κ3) is 4.67. The van der Waals surface area contributed by atoms with Gasteiger partial charge in [-0.15, -0.1) is 0 Å². The van der Waals surface area contributed by atoms with Crippen LogP contribution in [-0.4, -0.2) is 49.8 Å². The lowest BCUT2D eigenvalue weighted by Gasteiger charge is -2.48. The molecular formula is C18H36N2O.